The van der Waals surface area contributed by atoms with E-state index < -0.39 is 10.0 Å². The third kappa shape index (κ3) is 4.44. The molecule has 0 aromatic heterocycles. The van der Waals surface area contributed by atoms with Crippen molar-refractivity contribution >= 4 is 33.2 Å². The van der Waals surface area contributed by atoms with Crippen molar-refractivity contribution in [3.8, 4) is 5.75 Å². The molecule has 1 heterocycles. The van der Waals surface area contributed by atoms with Crippen molar-refractivity contribution in [2.24, 2.45) is 0 Å². The minimum atomic E-state index is -4.08. The molecule has 0 radical (unpaired) electrons. The van der Waals surface area contributed by atoms with E-state index in [0.29, 0.717) is 5.69 Å². The molecule has 2 aromatic carbocycles. The lowest BCUT2D eigenvalue weighted by Gasteiger charge is -2.22. The summed E-state index contributed by atoms with van der Waals surface area (Å²) in [6.45, 7) is 8.01. The third-order valence-electron chi connectivity index (χ3n) is 5.36. The van der Waals surface area contributed by atoms with E-state index in [2.05, 4.69) is 4.72 Å². The summed E-state index contributed by atoms with van der Waals surface area (Å²) in [5.74, 6) is -0.366. The number of ether oxygens (including phenoxy) is 1. The summed E-state index contributed by atoms with van der Waals surface area (Å²) in [6, 6.07) is 10.0. The lowest BCUT2D eigenvalue weighted by Crippen LogP contribution is -2.29. The number of anilines is 2. The molecule has 2 aromatic rings. The Morgan fingerprint density at radius 2 is 1.48 bits per heavy atom. The number of methoxy groups -OCH3 is 1. The molecule has 1 saturated heterocycles. The normalized spacial score (nSPS) is 14.6. The zero-order valence-corrected chi connectivity index (χ0v) is 19.2. The van der Waals surface area contributed by atoms with E-state index in [0.717, 1.165) is 16.0 Å². The van der Waals surface area contributed by atoms with E-state index in [1.165, 1.54) is 25.3 Å². The molecule has 0 atom stereocenters. The molecule has 0 unspecified atom stereocenters. The fourth-order valence-electron chi connectivity index (χ4n) is 3.74. The lowest BCUT2D eigenvalue weighted by molar-refractivity contribution is -0.121. The van der Waals surface area contributed by atoms with Crippen molar-refractivity contribution in [2.75, 3.05) is 16.7 Å². The summed E-state index contributed by atoms with van der Waals surface area (Å²) in [4.78, 5) is 25.2. The van der Waals surface area contributed by atoms with Crippen molar-refractivity contribution in [3.63, 3.8) is 0 Å². The van der Waals surface area contributed by atoms with Crippen molar-refractivity contribution in [2.45, 2.75) is 57.3 Å². The third-order valence-corrected chi connectivity index (χ3v) is 6.73. The molecule has 7 nitrogen and oxygen atoms in total. The highest BCUT2D eigenvalue weighted by atomic mass is 32.2. The second-order valence-electron chi connectivity index (χ2n) is 8.18. The quantitative estimate of drug-likeness (QED) is 0.639. The number of amides is 2. The second-order valence-corrected chi connectivity index (χ2v) is 9.84. The molecule has 1 aliphatic heterocycles. The number of sulfonamides is 1. The highest BCUT2D eigenvalue weighted by Crippen LogP contribution is 2.37. The standard InChI is InChI=1S/C23H28N2O5S/c1-14(2)17-7-6-8-18(15(3)4)23(17)24-31(28,29)20-13-16(9-10-19(20)30-5)25-21(26)11-12-22(25)27/h6-10,13-15,24H,11-12H2,1-5H3. The Kier molecular flexibility index (Phi) is 6.40. The van der Waals surface area contributed by atoms with E-state index in [4.69, 9.17) is 4.74 Å². The first-order valence-electron chi connectivity index (χ1n) is 10.3. The van der Waals surface area contributed by atoms with E-state index in [1.807, 2.05) is 45.9 Å². The first kappa shape index (κ1) is 22.8. The number of benzene rings is 2. The summed E-state index contributed by atoms with van der Waals surface area (Å²) in [6.07, 6.45) is 0.232. The SMILES string of the molecule is COc1ccc(N2C(=O)CCC2=O)cc1S(=O)(=O)Nc1c(C(C)C)cccc1C(C)C. The topological polar surface area (TPSA) is 92.8 Å². The van der Waals surface area contributed by atoms with Gasteiger partial charge in [-0.05, 0) is 41.2 Å². The van der Waals surface area contributed by atoms with Gasteiger partial charge in [0.1, 0.15) is 10.6 Å². The first-order valence-corrected chi connectivity index (χ1v) is 11.7. The molecule has 31 heavy (non-hydrogen) atoms. The maximum Gasteiger partial charge on any atom is 0.265 e. The number of imide groups is 1. The van der Waals surface area contributed by atoms with Crippen LogP contribution in [0, 0.1) is 0 Å². The molecule has 1 fully saturated rings. The number of nitrogens with one attached hydrogen (secondary N) is 1. The summed E-state index contributed by atoms with van der Waals surface area (Å²) in [7, 11) is -2.70. The van der Waals surface area contributed by atoms with Crippen LogP contribution >= 0.6 is 0 Å². The largest absolute Gasteiger partial charge is 0.495 e. The minimum Gasteiger partial charge on any atom is -0.495 e. The summed E-state index contributed by atoms with van der Waals surface area (Å²) < 4.78 is 35.0. The van der Waals surface area contributed by atoms with Gasteiger partial charge in [-0.15, -0.1) is 0 Å². The molecule has 1 aliphatic rings. The van der Waals surface area contributed by atoms with Gasteiger partial charge in [-0.1, -0.05) is 45.9 Å². The number of hydrogen-bond acceptors (Lipinski definition) is 5. The van der Waals surface area contributed by atoms with Gasteiger partial charge in [0.25, 0.3) is 10.0 Å². The van der Waals surface area contributed by atoms with Crippen LogP contribution in [-0.2, 0) is 19.6 Å². The summed E-state index contributed by atoms with van der Waals surface area (Å²) in [5.41, 5.74) is 2.53. The van der Waals surface area contributed by atoms with Gasteiger partial charge in [0.15, 0.2) is 0 Å². The van der Waals surface area contributed by atoms with E-state index >= 15 is 0 Å². The number of carbonyl (C=O) groups is 2. The van der Waals surface area contributed by atoms with Crippen LogP contribution in [-0.4, -0.2) is 27.3 Å². The maximum absolute atomic E-state index is 13.5. The maximum atomic E-state index is 13.5. The van der Waals surface area contributed by atoms with Crippen LogP contribution in [0.2, 0.25) is 0 Å². The Balaban J connectivity index is 2.12. The van der Waals surface area contributed by atoms with Crippen molar-refractivity contribution in [1.82, 2.24) is 0 Å². The number of nitrogens with zero attached hydrogens (tertiary/aromatic N) is 1. The Bertz CT molecular complexity index is 1080. The van der Waals surface area contributed by atoms with E-state index in [-0.39, 0.29) is 52.8 Å². The van der Waals surface area contributed by atoms with E-state index in [1.54, 1.807) is 0 Å². The minimum absolute atomic E-state index is 0.101. The summed E-state index contributed by atoms with van der Waals surface area (Å²) in [5, 5.41) is 0. The first-order chi connectivity index (χ1) is 14.6. The predicted octanol–water partition coefficient (Wildman–Crippen LogP) is 4.40. The molecule has 8 heteroatoms. The van der Waals surface area contributed by atoms with Crippen LogP contribution < -0.4 is 14.4 Å². The number of para-hydroxylation sites is 1. The molecule has 3 rings (SSSR count). The second kappa shape index (κ2) is 8.70. The van der Waals surface area contributed by atoms with Gasteiger partial charge >= 0.3 is 0 Å². The van der Waals surface area contributed by atoms with Gasteiger partial charge in [-0.2, -0.15) is 0 Å². The molecule has 166 valence electrons. The Morgan fingerprint density at radius 3 is 1.97 bits per heavy atom. The van der Waals surface area contributed by atoms with Crippen LogP contribution in [0.4, 0.5) is 11.4 Å². The molecule has 0 bridgehead atoms. The summed E-state index contributed by atoms with van der Waals surface area (Å²) >= 11 is 0. The predicted molar refractivity (Wildman–Crippen MR) is 120 cm³/mol. The Hall–Kier alpha value is -2.87. The van der Waals surface area contributed by atoms with Gasteiger partial charge in [-0.3, -0.25) is 19.2 Å². The van der Waals surface area contributed by atoms with Crippen LogP contribution in [0.25, 0.3) is 0 Å². The lowest BCUT2D eigenvalue weighted by atomic mass is 9.93. The average molecular weight is 445 g/mol. The smallest absolute Gasteiger partial charge is 0.265 e. The van der Waals surface area contributed by atoms with Crippen molar-refractivity contribution in [1.29, 1.82) is 0 Å². The Morgan fingerprint density at radius 1 is 0.935 bits per heavy atom. The fraction of sp³-hybridized carbons (Fsp3) is 0.391. The van der Waals surface area contributed by atoms with Gasteiger partial charge in [0, 0.05) is 12.8 Å². The fourth-order valence-corrected chi connectivity index (χ4v) is 5.04. The highest BCUT2D eigenvalue weighted by molar-refractivity contribution is 7.92. The zero-order chi connectivity index (χ0) is 22.9. The number of hydrogen-bond donors (Lipinski definition) is 1. The highest BCUT2D eigenvalue weighted by Gasteiger charge is 2.32. The monoisotopic (exact) mass is 444 g/mol. The van der Waals surface area contributed by atoms with Crippen molar-refractivity contribution in [3.05, 3.63) is 47.5 Å². The average Bonchev–Trinajstić information content (AvgIpc) is 3.05. The molecular weight excluding hydrogens is 416 g/mol. The van der Waals surface area contributed by atoms with Crippen LogP contribution in [0.1, 0.15) is 63.5 Å². The number of carbonyl (C=O) groups excluding carboxylic acids is 2. The molecular formula is C23H28N2O5S. The Labute approximate surface area is 183 Å². The number of rotatable bonds is 7. The molecule has 0 aliphatic carbocycles. The molecule has 0 saturated carbocycles. The van der Waals surface area contributed by atoms with Gasteiger partial charge in [0.2, 0.25) is 11.8 Å². The van der Waals surface area contributed by atoms with Crippen LogP contribution in [0.15, 0.2) is 41.3 Å². The van der Waals surface area contributed by atoms with Gasteiger partial charge in [-0.25, -0.2) is 8.42 Å². The zero-order valence-electron chi connectivity index (χ0n) is 18.4. The molecule has 2 amide bonds. The molecule has 0 spiro atoms. The van der Waals surface area contributed by atoms with Gasteiger partial charge in [0.05, 0.1) is 18.5 Å². The van der Waals surface area contributed by atoms with Gasteiger partial charge < -0.3 is 4.74 Å². The van der Waals surface area contributed by atoms with Crippen molar-refractivity contribution < 1.29 is 22.7 Å². The molecule has 1 N–H and O–H groups in total. The van der Waals surface area contributed by atoms with Crippen LogP contribution in [0.3, 0.4) is 0 Å². The van der Waals surface area contributed by atoms with Crippen LogP contribution in [0.5, 0.6) is 5.75 Å². The van der Waals surface area contributed by atoms with E-state index in [9.17, 15) is 18.0 Å².